The van der Waals surface area contributed by atoms with E-state index in [0.717, 1.165) is 22.9 Å². The van der Waals surface area contributed by atoms with E-state index in [1.807, 2.05) is 36.6 Å². The third-order valence-electron chi connectivity index (χ3n) is 5.56. The van der Waals surface area contributed by atoms with Crippen LogP contribution in [-0.2, 0) is 20.9 Å². The van der Waals surface area contributed by atoms with Crippen molar-refractivity contribution in [2.45, 2.75) is 32.4 Å². The minimum absolute atomic E-state index is 0.0479. The molecule has 1 aromatic heterocycles. The van der Waals surface area contributed by atoms with Gasteiger partial charge in [0.15, 0.2) is 11.7 Å². The summed E-state index contributed by atoms with van der Waals surface area (Å²) in [5.41, 5.74) is 8.47. The number of allylic oxidation sites excluding steroid dienone is 1. The minimum Gasteiger partial charge on any atom is -0.477 e. The molecule has 3 heterocycles. The Bertz CT molecular complexity index is 1090. The molecule has 0 bridgehead atoms. The summed E-state index contributed by atoms with van der Waals surface area (Å²) in [6.07, 6.45) is 4.86. The number of nitrogens with two attached hydrogens (primary N) is 1. The largest absolute Gasteiger partial charge is 0.477 e. The normalized spacial score (nSPS) is 21.2. The molecule has 2 aromatic rings. The average molecular weight is 461 g/mol. The van der Waals surface area contributed by atoms with E-state index in [4.69, 9.17) is 21.2 Å². The Hall–Kier alpha value is -2.58. The van der Waals surface area contributed by atoms with Crippen molar-refractivity contribution in [3.63, 3.8) is 0 Å². The lowest BCUT2D eigenvalue weighted by atomic mass is 10.1. The van der Waals surface area contributed by atoms with Crippen molar-refractivity contribution < 1.29 is 14.3 Å². The number of amides is 2. The molecular weight excluding hydrogens is 436 g/mol. The van der Waals surface area contributed by atoms with Crippen molar-refractivity contribution in [2.75, 3.05) is 25.4 Å². The topological polar surface area (TPSA) is 88.8 Å². The number of nitrogen functional groups attached to an aromatic ring is 1. The second-order valence-electron chi connectivity index (χ2n) is 7.52. The summed E-state index contributed by atoms with van der Waals surface area (Å²) in [6.45, 7) is 3.23. The number of anilines is 1. The van der Waals surface area contributed by atoms with E-state index < -0.39 is 15.7 Å². The highest BCUT2D eigenvalue weighted by atomic mass is 35.7. The van der Waals surface area contributed by atoms with Gasteiger partial charge in [0.25, 0.3) is 5.91 Å². The highest BCUT2D eigenvalue weighted by molar-refractivity contribution is 8.37. The maximum atomic E-state index is 13.1. The number of benzene rings is 1. The molecule has 2 atom stereocenters. The second-order valence-corrected chi connectivity index (χ2v) is 9.82. The number of fused-ring (bicyclic) bond motifs is 1. The monoisotopic (exact) mass is 460 g/mol. The van der Waals surface area contributed by atoms with Gasteiger partial charge in [-0.05, 0) is 62.4 Å². The lowest BCUT2D eigenvalue weighted by molar-refractivity contribution is -0.153. The van der Waals surface area contributed by atoms with Crippen LogP contribution in [0.25, 0.3) is 10.9 Å². The summed E-state index contributed by atoms with van der Waals surface area (Å²) in [4.78, 5) is 33.7. The summed E-state index contributed by atoms with van der Waals surface area (Å²) < 4.78 is 5.61. The number of hydrogen-bond donors (Lipinski definition) is 1. The van der Waals surface area contributed by atoms with Gasteiger partial charge in [-0.1, -0.05) is 19.1 Å². The lowest BCUT2D eigenvalue weighted by Gasteiger charge is -2.40. The summed E-state index contributed by atoms with van der Waals surface area (Å²) in [7, 11) is 5.59. The van der Waals surface area contributed by atoms with Crippen molar-refractivity contribution in [1.29, 1.82) is 0 Å². The molecule has 2 N–H and O–H groups in total. The van der Waals surface area contributed by atoms with Crippen LogP contribution in [0.1, 0.15) is 25.3 Å². The van der Waals surface area contributed by atoms with Gasteiger partial charge in [-0.3, -0.25) is 14.6 Å². The first kappa shape index (κ1) is 21.6. The van der Waals surface area contributed by atoms with Crippen molar-refractivity contribution in [1.82, 2.24) is 14.8 Å². The molecule has 4 rings (SSSR count). The molecule has 1 aromatic carbocycles. The number of aromatic nitrogens is 1. The average Bonchev–Trinajstić information content (AvgIpc) is 3.18. The highest BCUT2D eigenvalue weighted by Gasteiger charge is 2.36. The Kier molecular flexibility index (Phi) is 6.48. The zero-order valence-electron chi connectivity index (χ0n) is 17.3. The zero-order valence-corrected chi connectivity index (χ0v) is 18.9. The van der Waals surface area contributed by atoms with Gasteiger partial charge < -0.3 is 20.3 Å². The first-order valence-electron chi connectivity index (χ1n) is 10.2. The Labute approximate surface area is 188 Å². The third kappa shape index (κ3) is 4.55. The van der Waals surface area contributed by atoms with E-state index in [1.54, 1.807) is 22.1 Å². The smallest absolute Gasteiger partial charge is 0.261 e. The van der Waals surface area contributed by atoms with Gasteiger partial charge in [-0.15, -0.1) is 0 Å². The molecule has 7 nitrogen and oxygen atoms in total. The van der Waals surface area contributed by atoms with Crippen LogP contribution in [0.2, 0.25) is 0 Å². The van der Waals surface area contributed by atoms with Crippen LogP contribution in [0, 0.1) is 0 Å². The fraction of sp³-hybridized carbons (Fsp3) is 0.364. The van der Waals surface area contributed by atoms with E-state index in [1.165, 1.54) is 0 Å². The van der Waals surface area contributed by atoms with E-state index in [9.17, 15) is 9.59 Å². The van der Waals surface area contributed by atoms with Crippen molar-refractivity contribution in [2.24, 2.45) is 0 Å². The minimum atomic E-state index is -0.562. The van der Waals surface area contributed by atoms with Gasteiger partial charge in [0.05, 0.1) is 5.52 Å². The molecule has 0 aliphatic carbocycles. The van der Waals surface area contributed by atoms with E-state index in [-0.39, 0.29) is 18.4 Å². The number of ether oxygens (including phenoxy) is 1. The molecule has 0 saturated carbocycles. The molecule has 2 aliphatic heterocycles. The molecular formula is C22H25ClN4O3S. The fourth-order valence-electron chi connectivity index (χ4n) is 3.95. The van der Waals surface area contributed by atoms with E-state index in [2.05, 4.69) is 4.98 Å². The van der Waals surface area contributed by atoms with Gasteiger partial charge in [0.1, 0.15) is 6.04 Å². The van der Waals surface area contributed by atoms with Crippen LogP contribution >= 0.6 is 20.4 Å². The van der Waals surface area contributed by atoms with Crippen LogP contribution in [0.4, 0.5) is 5.69 Å². The van der Waals surface area contributed by atoms with Gasteiger partial charge in [0.2, 0.25) is 5.91 Å². The second kappa shape index (κ2) is 9.28. The van der Waals surface area contributed by atoms with Gasteiger partial charge in [-0.2, -0.15) is 0 Å². The maximum absolute atomic E-state index is 13.1. The summed E-state index contributed by atoms with van der Waals surface area (Å²) in [6, 6.07) is 7.15. The third-order valence-corrected chi connectivity index (χ3v) is 7.55. The number of nitrogens with zero attached hydrogens (tertiary/aromatic N) is 3. The number of carbonyl (C=O) groups excluding carboxylic acids is 2. The molecule has 9 heteroatoms. The SMILES string of the molecule is CC[C@H]1C(=O)N(Cc2ccc3c(N)ccnc3c2)CCN1C(=O)COC1=CCC=S1Cl. The van der Waals surface area contributed by atoms with Crippen LogP contribution in [-0.4, -0.2) is 57.7 Å². The number of halogens is 1. The van der Waals surface area contributed by atoms with Crippen LogP contribution in [0.3, 0.4) is 0 Å². The summed E-state index contributed by atoms with van der Waals surface area (Å²) in [5, 5.41) is 3.47. The fourth-order valence-corrected chi connectivity index (χ4v) is 5.34. The lowest BCUT2D eigenvalue weighted by Crippen LogP contribution is -2.58. The van der Waals surface area contributed by atoms with Gasteiger partial charge in [-0.25, -0.2) is 0 Å². The Morgan fingerprint density at radius 1 is 1.35 bits per heavy atom. The molecule has 0 radical (unpaired) electrons. The number of piperazine rings is 1. The number of pyridine rings is 1. The van der Waals surface area contributed by atoms with Crippen LogP contribution < -0.4 is 5.73 Å². The summed E-state index contributed by atoms with van der Waals surface area (Å²) in [5.74, 6) is -0.236. The molecule has 31 heavy (non-hydrogen) atoms. The molecule has 0 spiro atoms. The van der Waals surface area contributed by atoms with Gasteiger partial charge in [0, 0.05) is 36.9 Å². The van der Waals surface area contributed by atoms with E-state index in [0.29, 0.717) is 36.8 Å². The van der Waals surface area contributed by atoms with Crippen molar-refractivity contribution in [3.8, 4) is 0 Å². The molecule has 1 unspecified atom stereocenters. The maximum Gasteiger partial charge on any atom is 0.261 e. The predicted octanol–water partition coefficient (Wildman–Crippen LogP) is 3.25. The Morgan fingerprint density at radius 2 is 2.19 bits per heavy atom. The highest BCUT2D eigenvalue weighted by Crippen LogP contribution is 2.35. The predicted molar refractivity (Wildman–Crippen MR) is 126 cm³/mol. The molecule has 2 amide bonds. The first-order chi connectivity index (χ1) is 15.0. The molecule has 2 aliphatic rings. The molecule has 164 valence electrons. The van der Waals surface area contributed by atoms with Crippen LogP contribution in [0.5, 0.6) is 0 Å². The van der Waals surface area contributed by atoms with E-state index >= 15 is 0 Å². The Morgan fingerprint density at radius 3 is 2.94 bits per heavy atom. The van der Waals surface area contributed by atoms with Crippen molar-refractivity contribution >= 4 is 54.2 Å². The van der Waals surface area contributed by atoms with Crippen LogP contribution in [0.15, 0.2) is 41.6 Å². The molecule has 1 saturated heterocycles. The summed E-state index contributed by atoms with van der Waals surface area (Å²) >= 11 is 0. The number of hydrogen-bond acceptors (Lipinski definition) is 5. The Balaban J connectivity index is 1.42. The molecule has 1 fully saturated rings. The zero-order chi connectivity index (χ0) is 22.0. The number of carbonyl (C=O) groups is 2. The number of rotatable bonds is 6. The quantitative estimate of drug-likeness (QED) is 0.668. The first-order valence-corrected chi connectivity index (χ1v) is 12.4. The van der Waals surface area contributed by atoms with Crippen molar-refractivity contribution in [3.05, 3.63) is 47.2 Å². The van der Waals surface area contributed by atoms with Gasteiger partial charge >= 0.3 is 0 Å². The standard InChI is InChI=1S/C22H25ClN4O3S/c1-2-19-22(29)26(13-15-5-6-16-17(24)7-8-25-18(16)12-15)9-10-27(19)20(28)14-30-21-4-3-11-31(21)23/h4-8,11-12,19H,2-3,9-10,13-14H2,1H3,(H2,24,25)/t19-,31?/m0/s1.